The third-order valence-corrected chi connectivity index (χ3v) is 5.89. The van der Waals surface area contributed by atoms with Gasteiger partial charge in [0.15, 0.2) is 10.9 Å². The van der Waals surface area contributed by atoms with E-state index in [2.05, 4.69) is 10.3 Å². The minimum Gasteiger partial charge on any atom is -0.451 e. The van der Waals surface area contributed by atoms with E-state index in [0.717, 1.165) is 23.5 Å². The lowest BCUT2D eigenvalue weighted by atomic mass is 10.1. The predicted octanol–water partition coefficient (Wildman–Crippen LogP) is 6.83. The van der Waals surface area contributed by atoms with Crippen molar-refractivity contribution in [2.45, 2.75) is 12.6 Å². The van der Waals surface area contributed by atoms with E-state index in [-0.39, 0.29) is 33.8 Å². The quantitative estimate of drug-likeness (QED) is 0.228. The van der Waals surface area contributed by atoms with Gasteiger partial charge < -0.3 is 4.42 Å². The summed E-state index contributed by atoms with van der Waals surface area (Å²) < 4.78 is 44.2. The minimum absolute atomic E-state index is 0.0425. The van der Waals surface area contributed by atoms with Crippen molar-refractivity contribution >= 4 is 39.7 Å². The summed E-state index contributed by atoms with van der Waals surface area (Å²) in [5.74, 6) is -0.391. The first-order valence-electron chi connectivity index (χ1n) is 9.56. The lowest BCUT2D eigenvalue weighted by Gasteiger charge is -2.07. The number of rotatable bonds is 6. The first-order chi connectivity index (χ1) is 16.1. The summed E-state index contributed by atoms with van der Waals surface area (Å²) in [4.78, 5) is 27.5. The number of non-ortho nitro benzene ring substituents is 1. The molecule has 0 spiro atoms. The number of benzene rings is 2. The Morgan fingerprint density at radius 3 is 2.68 bits per heavy atom. The second-order valence-corrected chi connectivity index (χ2v) is 8.57. The van der Waals surface area contributed by atoms with Gasteiger partial charge in [0.05, 0.1) is 15.5 Å². The highest BCUT2D eigenvalue weighted by molar-refractivity contribution is 7.15. The Balaban J connectivity index is 1.44. The van der Waals surface area contributed by atoms with Crippen molar-refractivity contribution in [1.82, 2.24) is 4.98 Å². The van der Waals surface area contributed by atoms with Crippen LogP contribution in [0.4, 0.5) is 24.0 Å². The molecular formula is C22H13ClF3N3O4S. The molecule has 174 valence electrons. The van der Waals surface area contributed by atoms with E-state index < -0.39 is 22.6 Å². The standard InChI is InChI=1S/C22H13ClF3N3O4S/c23-17-10-14(29(31)32)4-5-16(17)18-6-7-19(33-18)20(30)28-21-27-11-15(34-21)9-12-2-1-3-13(8-12)22(24,25)26/h1-8,10-11H,9H2,(H,27,28,30). The first-order valence-corrected chi connectivity index (χ1v) is 10.8. The van der Waals surface area contributed by atoms with Crippen molar-refractivity contribution in [3.63, 3.8) is 0 Å². The number of nitro benzene ring substituents is 1. The summed E-state index contributed by atoms with van der Waals surface area (Å²) in [7, 11) is 0. The van der Waals surface area contributed by atoms with Gasteiger partial charge in [0.25, 0.3) is 11.6 Å². The summed E-state index contributed by atoms with van der Waals surface area (Å²) in [6.07, 6.45) is -2.73. The van der Waals surface area contributed by atoms with Crippen molar-refractivity contribution in [3.05, 3.63) is 97.7 Å². The van der Waals surface area contributed by atoms with Crippen LogP contribution in [0.2, 0.25) is 5.02 Å². The fraction of sp³-hybridized carbons (Fsp3) is 0.0909. The molecule has 0 radical (unpaired) electrons. The number of aromatic nitrogens is 1. The van der Waals surface area contributed by atoms with E-state index in [9.17, 15) is 28.1 Å². The van der Waals surface area contributed by atoms with Crippen LogP contribution in [-0.4, -0.2) is 15.8 Å². The molecule has 4 rings (SSSR count). The van der Waals surface area contributed by atoms with Crippen LogP contribution < -0.4 is 5.32 Å². The number of nitro groups is 1. The smallest absolute Gasteiger partial charge is 0.416 e. The van der Waals surface area contributed by atoms with Crippen molar-refractivity contribution in [2.24, 2.45) is 0 Å². The molecule has 0 saturated carbocycles. The number of anilines is 1. The highest BCUT2D eigenvalue weighted by atomic mass is 35.5. The van der Waals surface area contributed by atoms with Crippen LogP contribution in [-0.2, 0) is 12.6 Å². The molecule has 4 aromatic rings. The Morgan fingerprint density at radius 2 is 1.97 bits per heavy atom. The van der Waals surface area contributed by atoms with E-state index in [0.29, 0.717) is 16.0 Å². The molecule has 0 saturated heterocycles. The molecule has 1 N–H and O–H groups in total. The van der Waals surface area contributed by atoms with E-state index in [4.69, 9.17) is 16.0 Å². The van der Waals surface area contributed by atoms with Gasteiger partial charge in [0.1, 0.15) is 5.76 Å². The summed E-state index contributed by atoms with van der Waals surface area (Å²) in [6, 6.07) is 11.8. The van der Waals surface area contributed by atoms with Crippen molar-refractivity contribution < 1.29 is 27.3 Å². The summed E-state index contributed by atoms with van der Waals surface area (Å²) in [5.41, 5.74) is -0.0660. The Labute approximate surface area is 199 Å². The number of carbonyl (C=O) groups excluding carboxylic acids is 1. The van der Waals surface area contributed by atoms with Crippen LogP contribution in [0.3, 0.4) is 0 Å². The van der Waals surface area contributed by atoms with Gasteiger partial charge in [-0.05, 0) is 29.8 Å². The molecule has 0 atom stereocenters. The zero-order valence-corrected chi connectivity index (χ0v) is 18.5. The van der Waals surface area contributed by atoms with Crippen molar-refractivity contribution in [1.29, 1.82) is 0 Å². The number of thiazole rings is 1. The maximum atomic E-state index is 12.9. The molecule has 7 nitrogen and oxygen atoms in total. The number of alkyl halides is 3. The number of nitrogens with zero attached hydrogens (tertiary/aromatic N) is 2. The normalized spacial score (nSPS) is 11.4. The predicted molar refractivity (Wildman–Crippen MR) is 120 cm³/mol. The molecule has 2 aromatic heterocycles. The zero-order chi connectivity index (χ0) is 24.5. The highest BCUT2D eigenvalue weighted by Crippen LogP contribution is 2.33. The molecule has 2 heterocycles. The molecule has 0 aliphatic rings. The monoisotopic (exact) mass is 507 g/mol. The lowest BCUT2D eigenvalue weighted by Crippen LogP contribution is -2.10. The van der Waals surface area contributed by atoms with Gasteiger partial charge in [0.2, 0.25) is 0 Å². The number of carbonyl (C=O) groups is 1. The summed E-state index contributed by atoms with van der Waals surface area (Å²) in [6.45, 7) is 0. The maximum absolute atomic E-state index is 12.9. The van der Waals surface area contributed by atoms with E-state index >= 15 is 0 Å². The van der Waals surface area contributed by atoms with Gasteiger partial charge >= 0.3 is 6.18 Å². The number of halogens is 4. The van der Waals surface area contributed by atoms with Crippen molar-refractivity contribution in [2.75, 3.05) is 5.32 Å². The first kappa shape index (κ1) is 23.5. The van der Waals surface area contributed by atoms with Gasteiger partial charge in [0, 0.05) is 35.2 Å². The number of furan rings is 1. The average Bonchev–Trinajstić information content (AvgIpc) is 3.43. The summed E-state index contributed by atoms with van der Waals surface area (Å²) in [5, 5.41) is 13.8. The van der Waals surface area contributed by atoms with E-state index in [1.165, 1.54) is 42.6 Å². The van der Waals surface area contributed by atoms with Crippen LogP contribution in [0, 0.1) is 10.1 Å². The van der Waals surface area contributed by atoms with Gasteiger partial charge in [-0.25, -0.2) is 4.98 Å². The molecule has 0 bridgehead atoms. The second-order valence-electron chi connectivity index (χ2n) is 7.05. The van der Waals surface area contributed by atoms with Gasteiger partial charge in [-0.1, -0.05) is 29.8 Å². The minimum atomic E-state index is -4.43. The zero-order valence-electron chi connectivity index (χ0n) is 16.9. The molecule has 0 fully saturated rings. The molecule has 0 unspecified atom stereocenters. The van der Waals surface area contributed by atoms with Gasteiger partial charge in [-0.3, -0.25) is 20.2 Å². The number of hydrogen-bond acceptors (Lipinski definition) is 6. The van der Waals surface area contributed by atoms with Crippen LogP contribution in [0.5, 0.6) is 0 Å². The van der Waals surface area contributed by atoms with Crippen LogP contribution in [0.1, 0.15) is 26.6 Å². The number of hydrogen-bond donors (Lipinski definition) is 1. The van der Waals surface area contributed by atoms with Crippen LogP contribution >= 0.6 is 22.9 Å². The maximum Gasteiger partial charge on any atom is 0.416 e. The Morgan fingerprint density at radius 1 is 1.18 bits per heavy atom. The number of nitrogens with one attached hydrogen (secondary N) is 1. The van der Waals surface area contributed by atoms with E-state index in [1.54, 1.807) is 6.07 Å². The molecule has 12 heteroatoms. The highest BCUT2D eigenvalue weighted by Gasteiger charge is 2.30. The Hall–Kier alpha value is -3.70. The molecule has 0 aliphatic carbocycles. The third kappa shape index (κ3) is 5.26. The molecule has 34 heavy (non-hydrogen) atoms. The van der Waals surface area contributed by atoms with Gasteiger partial charge in [-0.2, -0.15) is 13.2 Å². The van der Waals surface area contributed by atoms with Crippen LogP contribution in [0.25, 0.3) is 11.3 Å². The fourth-order valence-corrected chi connectivity index (χ4v) is 4.20. The Bertz CT molecular complexity index is 1380. The number of amides is 1. The molecule has 1 amide bonds. The Kier molecular flexibility index (Phi) is 6.40. The SMILES string of the molecule is O=C(Nc1ncc(Cc2cccc(C(F)(F)F)c2)s1)c1ccc(-c2ccc([N+](=O)[O-])cc2Cl)o1. The third-order valence-electron chi connectivity index (χ3n) is 4.67. The van der Waals surface area contributed by atoms with Crippen molar-refractivity contribution in [3.8, 4) is 11.3 Å². The molecule has 2 aromatic carbocycles. The molecular weight excluding hydrogens is 495 g/mol. The van der Waals surface area contributed by atoms with Crippen LogP contribution in [0.15, 0.2) is 65.2 Å². The second kappa shape index (κ2) is 9.27. The van der Waals surface area contributed by atoms with E-state index in [1.807, 2.05) is 0 Å². The topological polar surface area (TPSA) is 98.3 Å². The lowest BCUT2D eigenvalue weighted by molar-refractivity contribution is -0.384. The summed E-state index contributed by atoms with van der Waals surface area (Å²) >= 11 is 7.22. The largest absolute Gasteiger partial charge is 0.451 e. The fourth-order valence-electron chi connectivity index (χ4n) is 3.09. The van der Waals surface area contributed by atoms with Gasteiger partial charge in [-0.15, -0.1) is 11.3 Å². The average molecular weight is 508 g/mol. The molecule has 0 aliphatic heterocycles.